The van der Waals surface area contributed by atoms with Gasteiger partial charge in [-0.1, -0.05) is 0 Å². The summed E-state index contributed by atoms with van der Waals surface area (Å²) in [5.74, 6) is 1.48. The SMILES string of the molecule is NCc1cc(F)ccc1Sc1nnc(C2CC2)n1C1CC1. The Kier molecular flexibility index (Phi) is 3.23. The Morgan fingerprint density at radius 1 is 1.24 bits per heavy atom. The Morgan fingerprint density at radius 2 is 2.05 bits per heavy atom. The number of aromatic nitrogens is 3. The predicted octanol–water partition coefficient (Wildman–Crippen LogP) is 3.24. The third kappa shape index (κ3) is 2.58. The summed E-state index contributed by atoms with van der Waals surface area (Å²) in [6.07, 6.45) is 4.86. The molecule has 0 saturated heterocycles. The molecule has 2 aliphatic rings. The molecule has 2 aliphatic carbocycles. The van der Waals surface area contributed by atoms with Crippen molar-refractivity contribution in [2.75, 3.05) is 0 Å². The molecule has 0 atom stereocenters. The van der Waals surface area contributed by atoms with Crippen LogP contribution in [0.2, 0.25) is 0 Å². The van der Waals surface area contributed by atoms with E-state index >= 15 is 0 Å². The molecule has 1 aromatic carbocycles. The molecular formula is C15H17FN4S. The molecule has 1 aromatic heterocycles. The number of nitrogens with two attached hydrogens (primary N) is 1. The van der Waals surface area contributed by atoms with Gasteiger partial charge < -0.3 is 10.3 Å². The zero-order chi connectivity index (χ0) is 14.4. The molecule has 0 unspecified atom stereocenters. The predicted molar refractivity (Wildman–Crippen MR) is 78.7 cm³/mol. The van der Waals surface area contributed by atoms with Crippen molar-refractivity contribution in [3.05, 3.63) is 35.4 Å². The molecule has 0 amide bonds. The molecule has 4 nitrogen and oxygen atoms in total. The van der Waals surface area contributed by atoms with E-state index in [1.165, 1.54) is 37.8 Å². The van der Waals surface area contributed by atoms with Crippen molar-refractivity contribution < 1.29 is 4.39 Å². The molecular weight excluding hydrogens is 287 g/mol. The molecule has 0 spiro atoms. The number of halogens is 1. The third-order valence-corrected chi connectivity index (χ3v) is 5.07. The highest BCUT2D eigenvalue weighted by Gasteiger charge is 2.36. The summed E-state index contributed by atoms with van der Waals surface area (Å²) in [6.45, 7) is 0.327. The van der Waals surface area contributed by atoms with Gasteiger partial charge in [0.25, 0.3) is 0 Å². The number of hydrogen-bond acceptors (Lipinski definition) is 4. The van der Waals surface area contributed by atoms with Gasteiger partial charge in [-0.25, -0.2) is 4.39 Å². The van der Waals surface area contributed by atoms with Crippen LogP contribution >= 0.6 is 11.8 Å². The number of nitrogens with zero attached hydrogens (tertiary/aromatic N) is 3. The van der Waals surface area contributed by atoms with Crippen molar-refractivity contribution >= 4 is 11.8 Å². The third-order valence-electron chi connectivity index (χ3n) is 3.99. The van der Waals surface area contributed by atoms with Gasteiger partial charge >= 0.3 is 0 Å². The first-order chi connectivity index (χ1) is 10.3. The van der Waals surface area contributed by atoms with Crippen LogP contribution in [0.25, 0.3) is 0 Å². The minimum atomic E-state index is -0.248. The molecule has 110 valence electrons. The quantitative estimate of drug-likeness (QED) is 0.921. The molecule has 21 heavy (non-hydrogen) atoms. The lowest BCUT2D eigenvalue weighted by Crippen LogP contribution is -2.03. The summed E-state index contributed by atoms with van der Waals surface area (Å²) in [7, 11) is 0. The molecule has 1 heterocycles. The fraction of sp³-hybridized carbons (Fsp3) is 0.467. The van der Waals surface area contributed by atoms with E-state index in [2.05, 4.69) is 14.8 Å². The van der Waals surface area contributed by atoms with Gasteiger partial charge in [0.1, 0.15) is 11.6 Å². The zero-order valence-corrected chi connectivity index (χ0v) is 12.4. The van der Waals surface area contributed by atoms with Gasteiger partial charge in [-0.15, -0.1) is 10.2 Å². The van der Waals surface area contributed by atoms with Crippen molar-refractivity contribution in [1.82, 2.24) is 14.8 Å². The topological polar surface area (TPSA) is 56.7 Å². The van der Waals surface area contributed by atoms with Crippen molar-refractivity contribution in [2.24, 2.45) is 5.73 Å². The van der Waals surface area contributed by atoms with Crippen LogP contribution in [-0.2, 0) is 6.54 Å². The van der Waals surface area contributed by atoms with Crippen LogP contribution in [0.4, 0.5) is 4.39 Å². The fourth-order valence-corrected chi connectivity index (χ4v) is 3.59. The average molecular weight is 304 g/mol. The summed E-state index contributed by atoms with van der Waals surface area (Å²) in [4.78, 5) is 0.968. The van der Waals surface area contributed by atoms with E-state index in [9.17, 15) is 4.39 Å². The Bertz CT molecular complexity index is 676. The van der Waals surface area contributed by atoms with Crippen molar-refractivity contribution in [1.29, 1.82) is 0 Å². The van der Waals surface area contributed by atoms with Gasteiger partial charge in [-0.2, -0.15) is 0 Å². The highest BCUT2D eigenvalue weighted by molar-refractivity contribution is 7.99. The second kappa shape index (κ2) is 5.10. The van der Waals surface area contributed by atoms with Crippen LogP contribution in [-0.4, -0.2) is 14.8 Å². The molecule has 2 N–H and O–H groups in total. The van der Waals surface area contributed by atoms with Crippen molar-refractivity contribution in [2.45, 2.75) is 54.2 Å². The van der Waals surface area contributed by atoms with Crippen LogP contribution in [0.5, 0.6) is 0 Å². The lowest BCUT2D eigenvalue weighted by molar-refractivity contribution is 0.621. The maximum atomic E-state index is 13.3. The normalized spacial score (nSPS) is 18.2. The van der Waals surface area contributed by atoms with Crippen molar-refractivity contribution in [3.8, 4) is 0 Å². The van der Waals surface area contributed by atoms with Crippen LogP contribution in [0.3, 0.4) is 0 Å². The smallest absolute Gasteiger partial charge is 0.196 e. The van der Waals surface area contributed by atoms with E-state index in [0.29, 0.717) is 18.5 Å². The minimum Gasteiger partial charge on any atom is -0.326 e. The van der Waals surface area contributed by atoms with E-state index in [-0.39, 0.29) is 5.82 Å². The van der Waals surface area contributed by atoms with Crippen LogP contribution in [0, 0.1) is 5.82 Å². The van der Waals surface area contributed by atoms with Crippen LogP contribution in [0.15, 0.2) is 28.3 Å². The summed E-state index contributed by atoms with van der Waals surface area (Å²) in [6, 6.07) is 5.31. The van der Waals surface area contributed by atoms with Gasteiger partial charge in [0.15, 0.2) is 5.16 Å². The lowest BCUT2D eigenvalue weighted by atomic mass is 10.2. The van der Waals surface area contributed by atoms with E-state index in [4.69, 9.17) is 5.73 Å². The van der Waals surface area contributed by atoms with Gasteiger partial charge in [0.2, 0.25) is 0 Å². The molecule has 6 heteroatoms. The van der Waals surface area contributed by atoms with Gasteiger partial charge in [0, 0.05) is 23.4 Å². The number of rotatable bonds is 5. The first-order valence-electron chi connectivity index (χ1n) is 7.37. The van der Waals surface area contributed by atoms with E-state index in [1.54, 1.807) is 17.8 Å². The van der Waals surface area contributed by atoms with Crippen LogP contribution in [0.1, 0.15) is 49.0 Å². The Morgan fingerprint density at radius 3 is 2.71 bits per heavy atom. The van der Waals surface area contributed by atoms with E-state index < -0.39 is 0 Å². The first-order valence-corrected chi connectivity index (χ1v) is 8.19. The summed E-state index contributed by atoms with van der Waals surface area (Å²) in [5.41, 5.74) is 6.54. The molecule has 2 aromatic rings. The molecule has 2 saturated carbocycles. The van der Waals surface area contributed by atoms with E-state index in [1.807, 2.05) is 0 Å². The molecule has 0 aliphatic heterocycles. The van der Waals surface area contributed by atoms with Gasteiger partial charge in [-0.05, 0) is 61.2 Å². The summed E-state index contributed by atoms with van der Waals surface area (Å²) in [5, 5.41) is 9.69. The molecule has 0 bridgehead atoms. The van der Waals surface area contributed by atoms with Crippen molar-refractivity contribution in [3.63, 3.8) is 0 Å². The maximum Gasteiger partial charge on any atom is 0.196 e. The maximum absolute atomic E-state index is 13.3. The Labute approximate surface area is 126 Å². The first kappa shape index (κ1) is 13.3. The van der Waals surface area contributed by atoms with Gasteiger partial charge in [-0.3, -0.25) is 0 Å². The molecule has 0 radical (unpaired) electrons. The Hall–Kier alpha value is -1.40. The molecule has 4 rings (SSSR count). The monoisotopic (exact) mass is 304 g/mol. The second-order valence-electron chi connectivity index (χ2n) is 5.77. The lowest BCUT2D eigenvalue weighted by Gasteiger charge is -2.10. The highest BCUT2D eigenvalue weighted by Crippen LogP contribution is 2.46. The molecule has 2 fully saturated rings. The summed E-state index contributed by atoms with van der Waals surface area (Å²) < 4.78 is 15.6. The second-order valence-corrected chi connectivity index (χ2v) is 6.78. The van der Waals surface area contributed by atoms with Crippen LogP contribution < -0.4 is 5.73 Å². The standard InChI is InChI=1S/C15H17FN4S/c16-11-3-6-13(10(7-11)8-17)21-15-19-18-14(9-1-2-9)20(15)12-4-5-12/h3,6-7,9,12H,1-2,4-5,8,17H2. The fourth-order valence-electron chi connectivity index (χ4n) is 2.56. The summed E-state index contributed by atoms with van der Waals surface area (Å²) >= 11 is 1.55. The Balaban J connectivity index is 1.68. The largest absolute Gasteiger partial charge is 0.326 e. The minimum absolute atomic E-state index is 0.248. The average Bonchev–Trinajstić information content (AvgIpc) is 3.40. The van der Waals surface area contributed by atoms with Gasteiger partial charge in [0.05, 0.1) is 0 Å². The number of hydrogen-bond donors (Lipinski definition) is 1. The highest BCUT2D eigenvalue weighted by atomic mass is 32.2. The zero-order valence-electron chi connectivity index (χ0n) is 11.6. The van der Waals surface area contributed by atoms with E-state index in [0.717, 1.165) is 21.4 Å². The number of benzene rings is 1.